The number of hydrogen-bond acceptors (Lipinski definition) is 5. The molecule has 0 radical (unpaired) electrons. The second-order valence-corrected chi connectivity index (χ2v) is 5.02. The Bertz CT molecular complexity index is 670. The molecule has 6 heteroatoms. The lowest BCUT2D eigenvalue weighted by Crippen LogP contribution is -2.41. The topological polar surface area (TPSA) is 73.9 Å². The van der Waals surface area contributed by atoms with Gasteiger partial charge in [0.25, 0.3) is 0 Å². The summed E-state index contributed by atoms with van der Waals surface area (Å²) in [6, 6.07) is 15.0. The van der Waals surface area contributed by atoms with Crippen LogP contribution in [0.3, 0.4) is 0 Å². The molecule has 0 unspecified atom stereocenters. The zero-order valence-electron chi connectivity index (χ0n) is 13.5. The summed E-state index contributed by atoms with van der Waals surface area (Å²) in [5.41, 5.74) is 0.862. The third kappa shape index (κ3) is 5.31. The molecule has 126 valence electrons. The van der Waals surface area contributed by atoms with Crippen LogP contribution >= 0.6 is 0 Å². The van der Waals surface area contributed by atoms with Crippen molar-refractivity contribution in [2.45, 2.75) is 19.6 Å². The van der Waals surface area contributed by atoms with Crippen LogP contribution in [0.1, 0.15) is 12.5 Å². The van der Waals surface area contributed by atoms with Crippen molar-refractivity contribution in [2.75, 3.05) is 7.11 Å². The SMILES string of the molecule is COc1ccc(OC(=O)[C@H](C)NC(=O)OCc2ccccc2)cc1. The number of amides is 1. The monoisotopic (exact) mass is 329 g/mol. The van der Waals surface area contributed by atoms with E-state index in [0.717, 1.165) is 5.56 Å². The molecule has 0 aromatic heterocycles. The Morgan fingerprint density at radius 1 is 1.00 bits per heavy atom. The number of nitrogens with one attached hydrogen (secondary N) is 1. The highest BCUT2D eigenvalue weighted by Crippen LogP contribution is 2.17. The van der Waals surface area contributed by atoms with Gasteiger partial charge in [0.1, 0.15) is 24.1 Å². The molecule has 2 aromatic rings. The summed E-state index contributed by atoms with van der Waals surface area (Å²) in [4.78, 5) is 23.7. The van der Waals surface area contributed by atoms with E-state index >= 15 is 0 Å². The minimum atomic E-state index is -0.838. The fourth-order valence-electron chi connectivity index (χ4n) is 1.85. The molecule has 24 heavy (non-hydrogen) atoms. The van der Waals surface area contributed by atoms with Gasteiger partial charge in [-0.2, -0.15) is 0 Å². The molecule has 0 heterocycles. The first-order valence-electron chi connectivity index (χ1n) is 7.41. The van der Waals surface area contributed by atoms with E-state index in [4.69, 9.17) is 14.2 Å². The van der Waals surface area contributed by atoms with E-state index in [-0.39, 0.29) is 6.61 Å². The van der Waals surface area contributed by atoms with Crippen LogP contribution < -0.4 is 14.8 Å². The number of carbonyl (C=O) groups excluding carboxylic acids is 2. The molecule has 0 fully saturated rings. The Morgan fingerprint density at radius 2 is 1.62 bits per heavy atom. The zero-order valence-corrected chi connectivity index (χ0v) is 13.5. The van der Waals surface area contributed by atoms with Gasteiger partial charge < -0.3 is 19.5 Å². The third-order valence-electron chi connectivity index (χ3n) is 3.18. The third-order valence-corrected chi connectivity index (χ3v) is 3.18. The van der Waals surface area contributed by atoms with Crippen LogP contribution in [0.15, 0.2) is 54.6 Å². The Morgan fingerprint density at radius 3 is 2.25 bits per heavy atom. The van der Waals surface area contributed by atoms with Crippen LogP contribution in [-0.4, -0.2) is 25.2 Å². The zero-order chi connectivity index (χ0) is 17.4. The van der Waals surface area contributed by atoms with E-state index in [1.807, 2.05) is 30.3 Å². The first-order valence-corrected chi connectivity index (χ1v) is 7.41. The van der Waals surface area contributed by atoms with Gasteiger partial charge in [-0.05, 0) is 36.8 Å². The number of ether oxygens (including phenoxy) is 3. The van der Waals surface area contributed by atoms with Crippen LogP contribution in [0.5, 0.6) is 11.5 Å². The Hall–Kier alpha value is -3.02. The summed E-state index contributed by atoms with van der Waals surface area (Å²) in [6.45, 7) is 1.66. The lowest BCUT2D eigenvalue weighted by molar-refractivity contribution is -0.136. The normalized spacial score (nSPS) is 11.2. The Kier molecular flexibility index (Phi) is 6.19. The van der Waals surface area contributed by atoms with Gasteiger partial charge in [0.15, 0.2) is 0 Å². The van der Waals surface area contributed by atoms with Gasteiger partial charge in [-0.15, -0.1) is 0 Å². The molecule has 1 atom stereocenters. The summed E-state index contributed by atoms with van der Waals surface area (Å²) in [6.07, 6.45) is -0.682. The van der Waals surface area contributed by atoms with Gasteiger partial charge >= 0.3 is 12.1 Å². The maximum Gasteiger partial charge on any atom is 0.408 e. The molecule has 1 amide bonds. The molecule has 0 aliphatic carbocycles. The average molecular weight is 329 g/mol. The Balaban J connectivity index is 1.78. The summed E-state index contributed by atoms with van der Waals surface area (Å²) in [5, 5.41) is 2.43. The maximum absolute atomic E-state index is 12.0. The molecular formula is C18H19NO5. The molecule has 0 spiro atoms. The van der Waals surface area contributed by atoms with E-state index in [1.54, 1.807) is 31.4 Å². The summed E-state index contributed by atoms with van der Waals surface area (Å²) < 4.78 is 15.3. The van der Waals surface area contributed by atoms with E-state index in [2.05, 4.69) is 5.32 Å². The molecule has 0 bridgehead atoms. The molecule has 2 aromatic carbocycles. The lowest BCUT2D eigenvalue weighted by atomic mass is 10.2. The molecule has 0 aliphatic heterocycles. The fraction of sp³-hybridized carbons (Fsp3) is 0.222. The number of carbonyl (C=O) groups is 2. The minimum Gasteiger partial charge on any atom is -0.497 e. The number of alkyl carbamates (subject to hydrolysis) is 1. The first-order chi connectivity index (χ1) is 11.6. The lowest BCUT2D eigenvalue weighted by Gasteiger charge is -2.13. The molecule has 0 saturated carbocycles. The smallest absolute Gasteiger partial charge is 0.408 e. The van der Waals surface area contributed by atoms with Gasteiger partial charge in [0, 0.05) is 0 Å². The van der Waals surface area contributed by atoms with E-state index in [0.29, 0.717) is 11.5 Å². The molecule has 1 N–H and O–H groups in total. The number of methoxy groups -OCH3 is 1. The molecule has 2 rings (SSSR count). The van der Waals surface area contributed by atoms with Crippen molar-refractivity contribution in [3.05, 3.63) is 60.2 Å². The Labute approximate surface area is 140 Å². The minimum absolute atomic E-state index is 0.132. The average Bonchev–Trinajstić information content (AvgIpc) is 2.61. The number of rotatable bonds is 6. The number of benzene rings is 2. The summed E-state index contributed by atoms with van der Waals surface area (Å²) in [5.74, 6) is 0.439. The van der Waals surface area contributed by atoms with Crippen molar-refractivity contribution in [3.8, 4) is 11.5 Å². The van der Waals surface area contributed by atoms with Gasteiger partial charge in [-0.1, -0.05) is 30.3 Å². The van der Waals surface area contributed by atoms with Gasteiger partial charge in [0.05, 0.1) is 7.11 Å². The van der Waals surface area contributed by atoms with Crippen molar-refractivity contribution < 1.29 is 23.8 Å². The van der Waals surface area contributed by atoms with Crippen molar-refractivity contribution in [3.63, 3.8) is 0 Å². The highest BCUT2D eigenvalue weighted by atomic mass is 16.6. The van der Waals surface area contributed by atoms with E-state index in [9.17, 15) is 9.59 Å². The van der Waals surface area contributed by atoms with Crippen molar-refractivity contribution >= 4 is 12.1 Å². The van der Waals surface area contributed by atoms with Crippen LogP contribution in [0.25, 0.3) is 0 Å². The second kappa shape index (κ2) is 8.57. The van der Waals surface area contributed by atoms with Crippen LogP contribution in [-0.2, 0) is 16.1 Å². The van der Waals surface area contributed by atoms with Crippen molar-refractivity contribution in [1.82, 2.24) is 5.32 Å². The van der Waals surface area contributed by atoms with Crippen LogP contribution in [0.2, 0.25) is 0 Å². The maximum atomic E-state index is 12.0. The molecular weight excluding hydrogens is 310 g/mol. The first kappa shape index (κ1) is 17.3. The van der Waals surface area contributed by atoms with Crippen LogP contribution in [0, 0.1) is 0 Å². The largest absolute Gasteiger partial charge is 0.497 e. The van der Waals surface area contributed by atoms with Crippen molar-refractivity contribution in [1.29, 1.82) is 0 Å². The number of hydrogen-bond donors (Lipinski definition) is 1. The van der Waals surface area contributed by atoms with Gasteiger partial charge in [-0.25, -0.2) is 9.59 Å². The molecule has 6 nitrogen and oxygen atoms in total. The van der Waals surface area contributed by atoms with Crippen LogP contribution in [0.4, 0.5) is 4.79 Å². The molecule has 0 saturated heterocycles. The number of esters is 1. The molecule has 0 aliphatic rings. The predicted molar refractivity (Wildman–Crippen MR) is 87.9 cm³/mol. The van der Waals surface area contributed by atoms with Gasteiger partial charge in [0.2, 0.25) is 0 Å². The quantitative estimate of drug-likeness (QED) is 0.651. The highest BCUT2D eigenvalue weighted by Gasteiger charge is 2.18. The standard InChI is InChI=1S/C18H19NO5/c1-13(17(20)24-16-10-8-15(22-2)9-11-16)19-18(21)23-12-14-6-4-3-5-7-14/h3-11,13H,12H2,1-2H3,(H,19,21)/t13-/m0/s1. The fourth-order valence-corrected chi connectivity index (χ4v) is 1.85. The predicted octanol–water partition coefficient (Wildman–Crippen LogP) is 2.92. The van der Waals surface area contributed by atoms with Crippen molar-refractivity contribution in [2.24, 2.45) is 0 Å². The van der Waals surface area contributed by atoms with E-state index in [1.165, 1.54) is 6.92 Å². The summed E-state index contributed by atoms with van der Waals surface area (Å²) in [7, 11) is 1.55. The summed E-state index contributed by atoms with van der Waals surface area (Å²) >= 11 is 0. The van der Waals surface area contributed by atoms with E-state index < -0.39 is 18.1 Å². The highest BCUT2D eigenvalue weighted by molar-refractivity contribution is 5.82. The van der Waals surface area contributed by atoms with Gasteiger partial charge in [-0.3, -0.25) is 0 Å². The second-order valence-electron chi connectivity index (χ2n) is 5.02.